The van der Waals surface area contributed by atoms with Crippen molar-refractivity contribution in [3.8, 4) is 11.5 Å². The van der Waals surface area contributed by atoms with Crippen molar-refractivity contribution in [3.05, 3.63) is 23.8 Å². The van der Waals surface area contributed by atoms with Gasteiger partial charge in [0.2, 0.25) is 0 Å². The molecule has 1 atom stereocenters. The number of carbonyl (C=O) groups is 1. The lowest BCUT2D eigenvalue weighted by Gasteiger charge is -2.10. The van der Waals surface area contributed by atoms with Crippen LogP contribution in [-0.2, 0) is 9.53 Å². The van der Waals surface area contributed by atoms with E-state index in [1.165, 1.54) is 12.1 Å². The van der Waals surface area contributed by atoms with Crippen LogP contribution in [0.1, 0.15) is 18.6 Å². The quantitative estimate of drug-likeness (QED) is 0.836. The van der Waals surface area contributed by atoms with Crippen molar-refractivity contribution in [2.45, 2.75) is 19.3 Å². The second kappa shape index (κ2) is 4.41. The summed E-state index contributed by atoms with van der Waals surface area (Å²) in [6.45, 7) is 1.70. The molecule has 1 aromatic rings. The number of halogens is 2. The molecule has 0 saturated heterocycles. The Hall–Kier alpha value is -1.89. The lowest BCUT2D eigenvalue weighted by Crippen LogP contribution is -2.25. The molecule has 0 aromatic heterocycles. The zero-order valence-corrected chi connectivity index (χ0v) is 9.35. The third-order valence-corrected chi connectivity index (χ3v) is 2.25. The first-order valence-electron chi connectivity index (χ1n) is 5.17. The van der Waals surface area contributed by atoms with E-state index in [2.05, 4.69) is 14.2 Å². The molecule has 5 nitrogen and oxygen atoms in total. The van der Waals surface area contributed by atoms with Gasteiger partial charge in [-0.25, -0.2) is 4.79 Å². The van der Waals surface area contributed by atoms with Gasteiger partial charge in [0.25, 0.3) is 0 Å². The van der Waals surface area contributed by atoms with Crippen molar-refractivity contribution < 1.29 is 32.9 Å². The number of aliphatic hydroxyl groups excluding tert-OH is 1. The summed E-state index contributed by atoms with van der Waals surface area (Å²) in [6, 6.07) is 3.58. The van der Waals surface area contributed by atoms with Crippen LogP contribution < -0.4 is 9.47 Å². The van der Waals surface area contributed by atoms with Crippen LogP contribution in [0.5, 0.6) is 11.5 Å². The van der Waals surface area contributed by atoms with Gasteiger partial charge >= 0.3 is 12.3 Å². The second-order valence-electron chi connectivity index (χ2n) is 3.53. The van der Waals surface area contributed by atoms with Gasteiger partial charge in [-0.2, -0.15) is 0 Å². The fourth-order valence-corrected chi connectivity index (χ4v) is 1.49. The Bertz CT molecular complexity index is 475. The summed E-state index contributed by atoms with van der Waals surface area (Å²) < 4.78 is 38.5. The van der Waals surface area contributed by atoms with Gasteiger partial charge in [0.1, 0.15) is 0 Å². The van der Waals surface area contributed by atoms with E-state index in [0.29, 0.717) is 0 Å². The van der Waals surface area contributed by atoms with E-state index in [1.54, 1.807) is 6.92 Å². The summed E-state index contributed by atoms with van der Waals surface area (Å²) in [5.74, 6) is -1.25. The van der Waals surface area contributed by atoms with Gasteiger partial charge in [0, 0.05) is 0 Å². The number of rotatable bonds is 3. The molecule has 1 heterocycles. The Morgan fingerprint density at radius 3 is 2.78 bits per heavy atom. The van der Waals surface area contributed by atoms with Crippen molar-refractivity contribution in [1.29, 1.82) is 0 Å². The monoisotopic (exact) mass is 260 g/mol. The van der Waals surface area contributed by atoms with Crippen LogP contribution in [0.2, 0.25) is 0 Å². The van der Waals surface area contributed by atoms with Crippen LogP contribution in [-0.4, -0.2) is 24.0 Å². The molecule has 0 aliphatic carbocycles. The first kappa shape index (κ1) is 12.6. The molecule has 1 N–H and O–H groups in total. The van der Waals surface area contributed by atoms with E-state index in [9.17, 15) is 18.7 Å². The number of fused-ring (bicyclic) bond motifs is 1. The number of hydrogen-bond acceptors (Lipinski definition) is 5. The topological polar surface area (TPSA) is 65.0 Å². The molecule has 1 aromatic carbocycles. The number of esters is 1. The van der Waals surface area contributed by atoms with Crippen LogP contribution in [0, 0.1) is 0 Å². The minimum atomic E-state index is -3.73. The minimum Gasteiger partial charge on any atom is -0.464 e. The SMILES string of the molecule is CCOC(=O)C(O)c1ccc2c(c1)OC(F)(F)O2. The molecule has 18 heavy (non-hydrogen) atoms. The van der Waals surface area contributed by atoms with E-state index in [4.69, 9.17) is 0 Å². The molecular weight excluding hydrogens is 250 g/mol. The number of benzene rings is 1. The molecule has 1 aliphatic rings. The summed E-state index contributed by atoms with van der Waals surface area (Å²) in [5, 5.41) is 9.62. The Kier molecular flexibility index (Phi) is 3.08. The van der Waals surface area contributed by atoms with Gasteiger partial charge in [0.15, 0.2) is 17.6 Å². The summed E-state index contributed by atoms with van der Waals surface area (Å²) in [6.07, 6.45) is -5.27. The average molecular weight is 260 g/mol. The molecule has 0 radical (unpaired) electrons. The fraction of sp³-hybridized carbons (Fsp3) is 0.364. The Morgan fingerprint density at radius 1 is 1.44 bits per heavy atom. The first-order chi connectivity index (χ1) is 8.43. The lowest BCUT2D eigenvalue weighted by molar-refractivity contribution is -0.286. The molecular formula is C11H10F2O5. The van der Waals surface area contributed by atoms with E-state index in [0.717, 1.165) is 6.07 Å². The molecule has 2 rings (SSSR count). The van der Waals surface area contributed by atoms with Crippen molar-refractivity contribution >= 4 is 5.97 Å². The molecule has 0 spiro atoms. The van der Waals surface area contributed by atoms with Crippen LogP contribution >= 0.6 is 0 Å². The maximum Gasteiger partial charge on any atom is 0.586 e. The number of ether oxygens (including phenoxy) is 3. The summed E-state index contributed by atoms with van der Waals surface area (Å²) in [4.78, 5) is 11.3. The Labute approximate surface area is 101 Å². The van der Waals surface area contributed by atoms with Gasteiger partial charge < -0.3 is 19.3 Å². The van der Waals surface area contributed by atoms with E-state index >= 15 is 0 Å². The molecule has 7 heteroatoms. The predicted octanol–water partition coefficient (Wildman–Crippen LogP) is 1.60. The third kappa shape index (κ3) is 2.35. The van der Waals surface area contributed by atoms with Crippen molar-refractivity contribution in [1.82, 2.24) is 0 Å². The van der Waals surface area contributed by atoms with Gasteiger partial charge in [0.05, 0.1) is 6.61 Å². The molecule has 0 amide bonds. The van der Waals surface area contributed by atoms with Gasteiger partial charge in [-0.05, 0) is 24.6 Å². The van der Waals surface area contributed by atoms with E-state index in [1.807, 2.05) is 0 Å². The first-order valence-corrected chi connectivity index (χ1v) is 5.17. The predicted molar refractivity (Wildman–Crippen MR) is 54.2 cm³/mol. The summed E-state index contributed by atoms with van der Waals surface area (Å²) >= 11 is 0. The molecule has 0 fully saturated rings. The highest BCUT2D eigenvalue weighted by atomic mass is 19.3. The summed E-state index contributed by atoms with van der Waals surface area (Å²) in [5.41, 5.74) is 0.0912. The highest BCUT2D eigenvalue weighted by molar-refractivity contribution is 5.76. The van der Waals surface area contributed by atoms with E-state index in [-0.39, 0.29) is 23.7 Å². The maximum absolute atomic E-state index is 12.8. The molecule has 0 bridgehead atoms. The van der Waals surface area contributed by atoms with Gasteiger partial charge in [-0.1, -0.05) is 6.07 Å². The Balaban J connectivity index is 2.21. The number of hydrogen-bond donors (Lipinski definition) is 1. The van der Waals surface area contributed by atoms with E-state index < -0.39 is 18.4 Å². The van der Waals surface area contributed by atoms with Crippen molar-refractivity contribution in [2.75, 3.05) is 6.61 Å². The second-order valence-corrected chi connectivity index (χ2v) is 3.53. The smallest absolute Gasteiger partial charge is 0.464 e. The zero-order chi connectivity index (χ0) is 13.3. The number of aliphatic hydroxyl groups is 1. The van der Waals surface area contributed by atoms with Crippen LogP contribution in [0.4, 0.5) is 8.78 Å². The van der Waals surface area contributed by atoms with Crippen LogP contribution in [0.3, 0.4) is 0 Å². The molecule has 98 valence electrons. The maximum atomic E-state index is 12.8. The average Bonchev–Trinajstić information content (AvgIpc) is 2.60. The largest absolute Gasteiger partial charge is 0.586 e. The fourth-order valence-electron chi connectivity index (χ4n) is 1.49. The summed E-state index contributed by atoms with van der Waals surface area (Å²) in [7, 11) is 0. The Morgan fingerprint density at radius 2 is 2.11 bits per heavy atom. The number of alkyl halides is 2. The molecule has 0 saturated carbocycles. The highest BCUT2D eigenvalue weighted by Crippen LogP contribution is 2.42. The molecule has 1 aliphatic heterocycles. The zero-order valence-electron chi connectivity index (χ0n) is 9.35. The third-order valence-electron chi connectivity index (χ3n) is 2.25. The minimum absolute atomic E-state index is 0.0912. The lowest BCUT2D eigenvalue weighted by atomic mass is 10.1. The van der Waals surface area contributed by atoms with Crippen LogP contribution in [0.15, 0.2) is 18.2 Å². The van der Waals surface area contributed by atoms with Crippen molar-refractivity contribution in [2.24, 2.45) is 0 Å². The number of carbonyl (C=O) groups excluding carboxylic acids is 1. The van der Waals surface area contributed by atoms with Gasteiger partial charge in [-0.15, -0.1) is 8.78 Å². The van der Waals surface area contributed by atoms with Gasteiger partial charge in [-0.3, -0.25) is 0 Å². The van der Waals surface area contributed by atoms with Crippen LogP contribution in [0.25, 0.3) is 0 Å². The normalized spacial score (nSPS) is 17.3. The van der Waals surface area contributed by atoms with Crippen molar-refractivity contribution in [3.63, 3.8) is 0 Å². The molecule has 1 unspecified atom stereocenters. The highest BCUT2D eigenvalue weighted by Gasteiger charge is 2.43. The standard InChI is InChI=1S/C11H10F2O5/c1-2-16-10(15)9(14)6-3-4-7-8(5-6)18-11(12,13)17-7/h3-5,9,14H,2H2,1H3.